The summed E-state index contributed by atoms with van der Waals surface area (Å²) in [4.78, 5) is 13.7. The molecule has 3 heteroatoms. The quantitative estimate of drug-likeness (QED) is 0.674. The molecule has 0 spiro atoms. The smallest absolute Gasteiger partial charge is 0.223 e. The summed E-state index contributed by atoms with van der Waals surface area (Å²) < 4.78 is 0. The van der Waals surface area contributed by atoms with Crippen molar-refractivity contribution in [1.82, 2.24) is 10.2 Å². The number of amides is 1. The first-order chi connectivity index (χ1) is 7.70. The van der Waals surface area contributed by atoms with Gasteiger partial charge in [0.25, 0.3) is 0 Å². The van der Waals surface area contributed by atoms with Gasteiger partial charge in [-0.2, -0.15) is 0 Å². The number of nitrogens with zero attached hydrogens (tertiary/aromatic N) is 1. The summed E-state index contributed by atoms with van der Waals surface area (Å²) >= 11 is 0. The molecule has 1 heterocycles. The zero-order chi connectivity index (χ0) is 11.8. The van der Waals surface area contributed by atoms with Crippen LogP contribution in [0.15, 0.2) is 0 Å². The number of carbonyl (C=O) groups is 1. The van der Waals surface area contributed by atoms with Crippen molar-refractivity contribution in [1.29, 1.82) is 0 Å². The maximum Gasteiger partial charge on any atom is 0.223 e. The molecule has 1 aliphatic rings. The standard InChI is InChI=1S/C13H26N2O/c1-12(2)6-5-8-14-9-7-13(16)15-10-3-4-11-15/h12,14H,3-11H2,1-2H3. The van der Waals surface area contributed by atoms with Crippen LogP contribution in [0, 0.1) is 5.92 Å². The van der Waals surface area contributed by atoms with E-state index in [4.69, 9.17) is 0 Å². The normalized spacial score (nSPS) is 16.1. The van der Waals surface area contributed by atoms with Crippen LogP contribution in [0.3, 0.4) is 0 Å². The molecular weight excluding hydrogens is 200 g/mol. The first-order valence-corrected chi connectivity index (χ1v) is 6.68. The lowest BCUT2D eigenvalue weighted by Gasteiger charge is -2.15. The Labute approximate surface area is 99.6 Å². The van der Waals surface area contributed by atoms with Crippen molar-refractivity contribution in [2.45, 2.75) is 46.0 Å². The molecule has 1 N–H and O–H groups in total. The molecule has 3 nitrogen and oxygen atoms in total. The van der Waals surface area contributed by atoms with E-state index in [1.807, 2.05) is 4.90 Å². The summed E-state index contributed by atoms with van der Waals surface area (Å²) in [6.07, 6.45) is 5.53. The van der Waals surface area contributed by atoms with Gasteiger partial charge in [-0.1, -0.05) is 13.8 Å². The number of nitrogens with one attached hydrogen (secondary N) is 1. The molecule has 94 valence electrons. The number of carbonyl (C=O) groups excluding carboxylic acids is 1. The molecule has 0 bridgehead atoms. The van der Waals surface area contributed by atoms with Crippen molar-refractivity contribution in [2.75, 3.05) is 26.2 Å². The molecular formula is C13H26N2O. The predicted molar refractivity (Wildman–Crippen MR) is 67.4 cm³/mol. The van der Waals surface area contributed by atoms with Gasteiger partial charge >= 0.3 is 0 Å². The van der Waals surface area contributed by atoms with Gasteiger partial charge in [0.05, 0.1) is 0 Å². The van der Waals surface area contributed by atoms with Crippen molar-refractivity contribution >= 4 is 5.91 Å². The Bertz CT molecular complexity index is 198. The van der Waals surface area contributed by atoms with E-state index >= 15 is 0 Å². The SMILES string of the molecule is CC(C)CCCNCCC(=O)N1CCCC1. The van der Waals surface area contributed by atoms with Gasteiger partial charge in [-0.15, -0.1) is 0 Å². The second kappa shape index (κ2) is 7.66. The summed E-state index contributed by atoms with van der Waals surface area (Å²) in [5, 5.41) is 3.35. The van der Waals surface area contributed by atoms with Gasteiger partial charge in [0.1, 0.15) is 0 Å². The average Bonchev–Trinajstić information content (AvgIpc) is 2.75. The van der Waals surface area contributed by atoms with Gasteiger partial charge in [-0.25, -0.2) is 0 Å². The number of likely N-dealkylation sites (tertiary alicyclic amines) is 1. The van der Waals surface area contributed by atoms with Gasteiger partial charge in [0.15, 0.2) is 0 Å². The fourth-order valence-electron chi connectivity index (χ4n) is 2.08. The van der Waals surface area contributed by atoms with E-state index in [0.29, 0.717) is 12.3 Å². The summed E-state index contributed by atoms with van der Waals surface area (Å²) in [5.41, 5.74) is 0. The van der Waals surface area contributed by atoms with Crippen LogP contribution in [0.1, 0.15) is 46.0 Å². The van der Waals surface area contributed by atoms with Crippen molar-refractivity contribution in [3.05, 3.63) is 0 Å². The van der Waals surface area contributed by atoms with E-state index < -0.39 is 0 Å². The van der Waals surface area contributed by atoms with E-state index in [0.717, 1.165) is 32.1 Å². The lowest BCUT2D eigenvalue weighted by molar-refractivity contribution is -0.130. The molecule has 0 saturated carbocycles. The van der Waals surface area contributed by atoms with Crippen LogP contribution in [-0.4, -0.2) is 37.0 Å². The summed E-state index contributed by atoms with van der Waals surface area (Å²) in [7, 11) is 0. The topological polar surface area (TPSA) is 32.3 Å². The van der Waals surface area contributed by atoms with Gasteiger partial charge in [0.2, 0.25) is 5.91 Å². The Morgan fingerprint density at radius 1 is 1.25 bits per heavy atom. The minimum atomic E-state index is 0.328. The zero-order valence-electron chi connectivity index (χ0n) is 10.8. The fraction of sp³-hybridized carbons (Fsp3) is 0.923. The third-order valence-electron chi connectivity index (χ3n) is 3.11. The van der Waals surface area contributed by atoms with E-state index in [-0.39, 0.29) is 0 Å². The largest absolute Gasteiger partial charge is 0.343 e. The molecule has 1 saturated heterocycles. The second-order valence-corrected chi connectivity index (χ2v) is 5.12. The highest BCUT2D eigenvalue weighted by molar-refractivity contribution is 5.76. The Morgan fingerprint density at radius 2 is 1.94 bits per heavy atom. The van der Waals surface area contributed by atoms with Crippen LogP contribution in [0.4, 0.5) is 0 Å². The minimum Gasteiger partial charge on any atom is -0.343 e. The maximum atomic E-state index is 11.7. The van der Waals surface area contributed by atoms with E-state index in [2.05, 4.69) is 19.2 Å². The Hall–Kier alpha value is -0.570. The minimum absolute atomic E-state index is 0.328. The van der Waals surface area contributed by atoms with Gasteiger partial charge < -0.3 is 10.2 Å². The Morgan fingerprint density at radius 3 is 2.56 bits per heavy atom. The molecule has 1 amide bonds. The number of hydrogen-bond acceptors (Lipinski definition) is 2. The van der Waals surface area contributed by atoms with Gasteiger partial charge in [-0.3, -0.25) is 4.79 Å². The highest BCUT2D eigenvalue weighted by Gasteiger charge is 2.16. The highest BCUT2D eigenvalue weighted by Crippen LogP contribution is 2.08. The van der Waals surface area contributed by atoms with Crippen molar-refractivity contribution in [2.24, 2.45) is 5.92 Å². The third-order valence-corrected chi connectivity index (χ3v) is 3.11. The summed E-state index contributed by atoms with van der Waals surface area (Å²) in [6.45, 7) is 8.34. The van der Waals surface area contributed by atoms with Crippen LogP contribution < -0.4 is 5.32 Å². The molecule has 0 aromatic carbocycles. The van der Waals surface area contributed by atoms with Crippen LogP contribution in [0.25, 0.3) is 0 Å². The summed E-state index contributed by atoms with van der Waals surface area (Å²) in [6, 6.07) is 0. The number of rotatable bonds is 7. The lowest BCUT2D eigenvalue weighted by Crippen LogP contribution is -2.30. The van der Waals surface area contributed by atoms with Crippen molar-refractivity contribution in [3.63, 3.8) is 0 Å². The lowest BCUT2D eigenvalue weighted by atomic mass is 10.1. The predicted octanol–water partition coefficient (Wildman–Crippen LogP) is 2.02. The monoisotopic (exact) mass is 226 g/mol. The molecule has 0 radical (unpaired) electrons. The highest BCUT2D eigenvalue weighted by atomic mass is 16.2. The number of hydrogen-bond donors (Lipinski definition) is 1. The van der Waals surface area contributed by atoms with E-state index in [1.54, 1.807) is 0 Å². The fourth-order valence-corrected chi connectivity index (χ4v) is 2.08. The van der Waals surface area contributed by atoms with Gasteiger partial charge in [0, 0.05) is 26.1 Å². The average molecular weight is 226 g/mol. The van der Waals surface area contributed by atoms with E-state index in [1.165, 1.54) is 25.7 Å². The van der Waals surface area contributed by atoms with Crippen LogP contribution in [0.2, 0.25) is 0 Å². The molecule has 16 heavy (non-hydrogen) atoms. The van der Waals surface area contributed by atoms with Crippen LogP contribution in [0.5, 0.6) is 0 Å². The van der Waals surface area contributed by atoms with E-state index in [9.17, 15) is 4.79 Å². The maximum absolute atomic E-state index is 11.7. The molecule has 0 unspecified atom stereocenters. The van der Waals surface area contributed by atoms with Crippen LogP contribution in [-0.2, 0) is 4.79 Å². The molecule has 1 rings (SSSR count). The zero-order valence-corrected chi connectivity index (χ0v) is 10.8. The molecule has 1 aliphatic heterocycles. The Balaban J connectivity index is 1.92. The second-order valence-electron chi connectivity index (χ2n) is 5.12. The molecule has 0 atom stereocenters. The first kappa shape index (κ1) is 13.5. The van der Waals surface area contributed by atoms with Crippen molar-refractivity contribution in [3.8, 4) is 0 Å². The molecule has 0 aliphatic carbocycles. The van der Waals surface area contributed by atoms with Crippen molar-refractivity contribution < 1.29 is 4.79 Å². The van der Waals surface area contributed by atoms with Gasteiger partial charge in [-0.05, 0) is 38.1 Å². The third kappa shape index (κ3) is 5.50. The molecule has 0 aromatic rings. The molecule has 1 fully saturated rings. The first-order valence-electron chi connectivity index (χ1n) is 6.68. The van der Waals surface area contributed by atoms with Crippen LogP contribution >= 0.6 is 0 Å². The Kier molecular flexibility index (Phi) is 6.46. The molecule has 0 aromatic heterocycles. The summed E-state index contributed by atoms with van der Waals surface area (Å²) in [5.74, 6) is 1.11.